The zero-order chi connectivity index (χ0) is 17.4. The molecule has 0 aliphatic heterocycles. The molecule has 0 bridgehead atoms. The predicted molar refractivity (Wildman–Crippen MR) is 91.8 cm³/mol. The lowest BCUT2D eigenvalue weighted by atomic mass is 10.0. The highest BCUT2D eigenvalue weighted by molar-refractivity contribution is 14.1. The third-order valence-corrected chi connectivity index (χ3v) is 4.15. The van der Waals surface area contributed by atoms with Crippen LogP contribution in [0.25, 0.3) is 11.1 Å². The lowest BCUT2D eigenvalue weighted by Gasteiger charge is -2.15. The third kappa shape index (κ3) is 2.93. The average molecular weight is 446 g/mol. The monoisotopic (exact) mass is 446 g/mol. The maximum atomic E-state index is 14.3. The maximum Gasteiger partial charge on any atom is 0.365 e. The van der Waals surface area contributed by atoms with E-state index >= 15 is 0 Å². The topological polar surface area (TPSA) is 58.0 Å². The number of aromatic amines is 1. The first kappa shape index (κ1) is 16.6. The van der Waals surface area contributed by atoms with Crippen molar-refractivity contribution in [3.05, 3.63) is 67.5 Å². The number of hydrogen-bond donors (Lipinski definition) is 2. The number of aromatic nitrogens is 1. The summed E-state index contributed by atoms with van der Waals surface area (Å²) in [5, 5.41) is 4.95. The zero-order valence-corrected chi connectivity index (χ0v) is 14.4. The molecule has 0 saturated heterocycles. The first-order chi connectivity index (χ1) is 11.4. The largest absolute Gasteiger partial charge is 0.365 e. The lowest BCUT2D eigenvalue weighted by molar-refractivity contribution is 0.392. The SMILES string of the molecule is Cc1cc(I)ccc1Nc1c(-c2c[nH]oc2=O)cc(F)c(F)c1F. The highest BCUT2D eigenvalue weighted by atomic mass is 127. The van der Waals surface area contributed by atoms with Gasteiger partial charge in [-0.3, -0.25) is 0 Å². The average Bonchev–Trinajstić information content (AvgIpc) is 2.95. The van der Waals surface area contributed by atoms with Crippen LogP contribution in [0.5, 0.6) is 0 Å². The zero-order valence-electron chi connectivity index (χ0n) is 12.2. The molecule has 0 amide bonds. The molecular weight excluding hydrogens is 436 g/mol. The summed E-state index contributed by atoms with van der Waals surface area (Å²) < 4.78 is 47.1. The van der Waals surface area contributed by atoms with Gasteiger partial charge in [0, 0.05) is 14.8 Å². The summed E-state index contributed by atoms with van der Waals surface area (Å²) in [6, 6.07) is 6.05. The van der Waals surface area contributed by atoms with E-state index in [0.717, 1.165) is 21.4 Å². The highest BCUT2D eigenvalue weighted by Gasteiger charge is 2.22. The molecule has 0 saturated carbocycles. The minimum absolute atomic E-state index is 0.113. The second-order valence-electron chi connectivity index (χ2n) is 5.06. The second kappa shape index (κ2) is 6.34. The number of halogens is 4. The molecule has 0 atom stereocenters. The van der Waals surface area contributed by atoms with Crippen LogP contribution in [0.3, 0.4) is 0 Å². The van der Waals surface area contributed by atoms with Crippen LogP contribution in [0, 0.1) is 27.9 Å². The number of H-pyrrole nitrogens is 1. The Kier molecular flexibility index (Phi) is 4.39. The van der Waals surface area contributed by atoms with E-state index in [0.29, 0.717) is 5.69 Å². The molecule has 1 heterocycles. The van der Waals surface area contributed by atoms with Gasteiger partial charge < -0.3 is 9.84 Å². The fourth-order valence-corrected chi connectivity index (χ4v) is 2.92. The van der Waals surface area contributed by atoms with Crippen molar-refractivity contribution in [3.8, 4) is 11.1 Å². The second-order valence-corrected chi connectivity index (χ2v) is 6.30. The van der Waals surface area contributed by atoms with Gasteiger partial charge in [-0.1, -0.05) is 0 Å². The van der Waals surface area contributed by atoms with Crippen LogP contribution in [0.1, 0.15) is 5.56 Å². The minimum Gasteiger partial charge on any atom is -0.352 e. The molecule has 0 unspecified atom stereocenters. The summed E-state index contributed by atoms with van der Waals surface area (Å²) in [5.74, 6) is -4.43. The highest BCUT2D eigenvalue weighted by Crippen LogP contribution is 2.34. The van der Waals surface area contributed by atoms with Crippen molar-refractivity contribution in [2.45, 2.75) is 6.92 Å². The Morgan fingerprint density at radius 2 is 1.88 bits per heavy atom. The molecule has 0 aliphatic carbocycles. The van der Waals surface area contributed by atoms with Crippen LogP contribution in [0.4, 0.5) is 24.5 Å². The van der Waals surface area contributed by atoms with E-state index in [2.05, 4.69) is 37.6 Å². The molecule has 8 heteroatoms. The van der Waals surface area contributed by atoms with Crippen molar-refractivity contribution >= 4 is 34.0 Å². The smallest absolute Gasteiger partial charge is 0.352 e. The summed E-state index contributed by atoms with van der Waals surface area (Å²) in [5.41, 5.74) is -0.134. The van der Waals surface area contributed by atoms with Gasteiger partial charge in [0.15, 0.2) is 17.5 Å². The van der Waals surface area contributed by atoms with Crippen molar-refractivity contribution in [3.63, 3.8) is 0 Å². The predicted octanol–water partition coefficient (Wildman–Crippen LogP) is 4.71. The number of aryl methyl sites for hydroxylation is 1. The number of rotatable bonds is 3. The molecule has 4 nitrogen and oxygen atoms in total. The summed E-state index contributed by atoms with van der Waals surface area (Å²) in [7, 11) is 0. The van der Waals surface area contributed by atoms with E-state index in [4.69, 9.17) is 0 Å². The van der Waals surface area contributed by atoms with Gasteiger partial charge in [-0.25, -0.2) is 23.1 Å². The van der Waals surface area contributed by atoms with Crippen LogP contribution < -0.4 is 10.9 Å². The Bertz CT molecular complexity index is 982. The molecule has 3 aromatic rings. The van der Waals surface area contributed by atoms with Gasteiger partial charge in [0.1, 0.15) is 0 Å². The Balaban J connectivity index is 2.21. The first-order valence-electron chi connectivity index (χ1n) is 6.76. The Morgan fingerprint density at radius 3 is 2.50 bits per heavy atom. The number of benzene rings is 2. The third-order valence-electron chi connectivity index (χ3n) is 3.48. The number of nitrogens with one attached hydrogen (secondary N) is 2. The Labute approximate surface area is 147 Å². The van der Waals surface area contributed by atoms with Gasteiger partial charge in [0.05, 0.1) is 17.4 Å². The van der Waals surface area contributed by atoms with Crippen LogP contribution in [0.2, 0.25) is 0 Å². The van der Waals surface area contributed by atoms with Crippen LogP contribution >= 0.6 is 22.6 Å². The van der Waals surface area contributed by atoms with Gasteiger partial charge in [0.25, 0.3) is 0 Å². The van der Waals surface area contributed by atoms with Gasteiger partial charge in [-0.15, -0.1) is 0 Å². The van der Waals surface area contributed by atoms with E-state index in [1.807, 2.05) is 6.07 Å². The van der Waals surface area contributed by atoms with Crippen molar-refractivity contribution in [2.75, 3.05) is 5.32 Å². The van der Waals surface area contributed by atoms with Crippen molar-refractivity contribution in [1.29, 1.82) is 0 Å². The number of hydrogen-bond acceptors (Lipinski definition) is 3. The molecule has 1 aromatic heterocycles. The van der Waals surface area contributed by atoms with Crippen molar-refractivity contribution in [1.82, 2.24) is 5.16 Å². The molecule has 2 aromatic carbocycles. The fraction of sp³-hybridized carbons (Fsp3) is 0.0625. The first-order valence-corrected chi connectivity index (χ1v) is 7.84. The summed E-state index contributed by atoms with van der Waals surface area (Å²) in [4.78, 5) is 11.7. The van der Waals surface area contributed by atoms with Crippen LogP contribution in [-0.2, 0) is 0 Å². The van der Waals surface area contributed by atoms with E-state index in [1.54, 1.807) is 19.1 Å². The molecule has 124 valence electrons. The fourth-order valence-electron chi connectivity index (χ4n) is 2.28. The lowest BCUT2D eigenvalue weighted by Crippen LogP contribution is -2.06. The van der Waals surface area contributed by atoms with Gasteiger partial charge >= 0.3 is 5.63 Å². The summed E-state index contributed by atoms with van der Waals surface area (Å²) in [6.07, 6.45) is 1.15. The van der Waals surface area contributed by atoms with Gasteiger partial charge in [-0.2, -0.15) is 0 Å². The van der Waals surface area contributed by atoms with Crippen LogP contribution in [-0.4, -0.2) is 5.16 Å². The van der Waals surface area contributed by atoms with E-state index in [1.165, 1.54) is 0 Å². The van der Waals surface area contributed by atoms with E-state index in [9.17, 15) is 18.0 Å². The van der Waals surface area contributed by atoms with E-state index in [-0.39, 0.29) is 16.8 Å². The standard InChI is InChI=1S/C16H10F3IN2O2/c1-7-4-8(20)2-3-12(7)22-15-9(10-6-21-24-16(10)23)5-11(17)13(18)14(15)19/h2-6,21-22H,1H3. The Hall–Kier alpha value is -2.23. The van der Waals surface area contributed by atoms with Crippen molar-refractivity contribution < 1.29 is 17.7 Å². The molecule has 24 heavy (non-hydrogen) atoms. The molecule has 0 aliphatic rings. The molecule has 0 radical (unpaired) electrons. The summed E-state index contributed by atoms with van der Waals surface area (Å²) in [6.45, 7) is 1.78. The molecule has 0 fully saturated rings. The summed E-state index contributed by atoms with van der Waals surface area (Å²) >= 11 is 2.12. The minimum atomic E-state index is -1.62. The maximum absolute atomic E-state index is 14.3. The molecule has 3 rings (SSSR count). The van der Waals surface area contributed by atoms with Gasteiger partial charge in [0.2, 0.25) is 0 Å². The number of anilines is 2. The Morgan fingerprint density at radius 1 is 1.12 bits per heavy atom. The van der Waals surface area contributed by atoms with E-state index < -0.39 is 23.1 Å². The van der Waals surface area contributed by atoms with Crippen LogP contribution in [0.15, 0.2) is 39.8 Å². The normalized spacial score (nSPS) is 10.9. The molecule has 2 N–H and O–H groups in total. The molecule has 0 spiro atoms. The quantitative estimate of drug-likeness (QED) is 0.453. The van der Waals surface area contributed by atoms with Crippen molar-refractivity contribution in [2.24, 2.45) is 0 Å². The molecular formula is C16H10F3IN2O2. The van der Waals surface area contributed by atoms with Gasteiger partial charge in [-0.05, 0) is 59.3 Å².